The molecule has 0 fully saturated rings. The molecule has 0 rings (SSSR count). The molecule has 0 saturated carbocycles. The van der Waals surface area contributed by atoms with E-state index in [-0.39, 0.29) is 12.6 Å². The Hall–Kier alpha value is -0.220. The van der Waals surface area contributed by atoms with E-state index in [1.54, 1.807) is 13.8 Å². The lowest BCUT2D eigenvalue weighted by atomic mass is 10.3. The van der Waals surface area contributed by atoms with Gasteiger partial charge in [-0.15, -0.1) is 0 Å². The summed E-state index contributed by atoms with van der Waals surface area (Å²) in [5.74, 6) is -2.75. The lowest BCUT2D eigenvalue weighted by Gasteiger charge is -2.18. The predicted octanol–water partition coefficient (Wildman–Crippen LogP) is 2.05. The molecule has 0 radical (unpaired) electrons. The average Bonchev–Trinajstić information content (AvgIpc) is 2.02. The van der Waals surface area contributed by atoms with Crippen LogP contribution in [0.5, 0.6) is 0 Å². The molecule has 0 aromatic rings. The maximum atomic E-state index is 12.9. The quantitative estimate of drug-likeness (QED) is 0.628. The van der Waals surface area contributed by atoms with Gasteiger partial charge in [0.2, 0.25) is 0 Å². The van der Waals surface area contributed by atoms with Crippen LogP contribution in [0.4, 0.5) is 8.78 Å². The molecule has 0 amide bonds. The summed E-state index contributed by atoms with van der Waals surface area (Å²) in [4.78, 5) is 0. The van der Waals surface area contributed by atoms with Gasteiger partial charge in [0.25, 0.3) is 5.92 Å². The lowest BCUT2D eigenvalue weighted by molar-refractivity contribution is -0.0898. The van der Waals surface area contributed by atoms with E-state index in [9.17, 15) is 8.78 Å². The van der Waals surface area contributed by atoms with Gasteiger partial charge in [-0.05, 0) is 26.8 Å². The van der Waals surface area contributed by atoms with E-state index in [0.717, 1.165) is 6.42 Å². The lowest BCUT2D eigenvalue weighted by Crippen LogP contribution is -2.37. The van der Waals surface area contributed by atoms with E-state index in [1.807, 2.05) is 6.92 Å². The molecule has 80 valence electrons. The first-order valence-electron chi connectivity index (χ1n) is 4.68. The Morgan fingerprint density at radius 1 is 1.38 bits per heavy atom. The summed E-state index contributed by atoms with van der Waals surface area (Å²) in [5, 5.41) is 2.67. The van der Waals surface area contributed by atoms with Crippen molar-refractivity contribution in [1.82, 2.24) is 5.32 Å². The number of nitrogens with one attached hydrogen (secondary N) is 1. The summed E-state index contributed by atoms with van der Waals surface area (Å²) in [6, 6.07) is 0. The third kappa shape index (κ3) is 8.12. The maximum absolute atomic E-state index is 12.9. The number of hydrogen-bond acceptors (Lipinski definition) is 2. The fourth-order valence-corrected chi connectivity index (χ4v) is 0.788. The van der Waals surface area contributed by atoms with Crippen molar-refractivity contribution in [2.24, 2.45) is 0 Å². The van der Waals surface area contributed by atoms with Crippen LogP contribution in [0.1, 0.15) is 27.2 Å². The van der Waals surface area contributed by atoms with E-state index < -0.39 is 12.5 Å². The highest BCUT2D eigenvalue weighted by atomic mass is 19.3. The van der Waals surface area contributed by atoms with Crippen LogP contribution in [0.3, 0.4) is 0 Å². The Bertz CT molecular complexity index is 129. The van der Waals surface area contributed by atoms with Gasteiger partial charge >= 0.3 is 0 Å². The minimum absolute atomic E-state index is 0.142. The molecular formula is C9H19F2NO. The molecule has 0 unspecified atom stereocenters. The summed E-state index contributed by atoms with van der Waals surface area (Å²) in [5.41, 5.74) is 0. The average molecular weight is 195 g/mol. The van der Waals surface area contributed by atoms with Crippen molar-refractivity contribution in [3.8, 4) is 0 Å². The Morgan fingerprint density at radius 3 is 2.46 bits per heavy atom. The molecule has 0 aliphatic heterocycles. The summed E-state index contributed by atoms with van der Waals surface area (Å²) in [6.45, 7) is 5.26. The first-order valence-corrected chi connectivity index (χ1v) is 4.68. The van der Waals surface area contributed by atoms with Gasteiger partial charge < -0.3 is 10.1 Å². The first-order chi connectivity index (χ1) is 5.98. The molecule has 0 atom stereocenters. The summed E-state index contributed by atoms with van der Waals surface area (Å²) >= 11 is 0. The van der Waals surface area contributed by atoms with E-state index in [2.05, 4.69) is 5.32 Å². The second-order valence-corrected chi connectivity index (χ2v) is 3.39. The zero-order valence-corrected chi connectivity index (χ0v) is 8.57. The monoisotopic (exact) mass is 195 g/mol. The van der Waals surface area contributed by atoms with Crippen LogP contribution in [-0.2, 0) is 4.74 Å². The van der Waals surface area contributed by atoms with Crippen molar-refractivity contribution in [2.75, 3.05) is 19.7 Å². The minimum atomic E-state index is -2.75. The number of ether oxygens (including phenoxy) is 1. The van der Waals surface area contributed by atoms with E-state index in [4.69, 9.17) is 4.74 Å². The van der Waals surface area contributed by atoms with Crippen LogP contribution >= 0.6 is 0 Å². The highest BCUT2D eigenvalue weighted by Crippen LogP contribution is 2.13. The number of hydrogen-bond donors (Lipinski definition) is 1. The molecule has 0 aromatic carbocycles. The van der Waals surface area contributed by atoms with E-state index in [0.29, 0.717) is 6.54 Å². The topological polar surface area (TPSA) is 21.3 Å². The largest absolute Gasteiger partial charge is 0.372 e. The van der Waals surface area contributed by atoms with Gasteiger partial charge in [-0.3, -0.25) is 0 Å². The number of halogens is 2. The fourth-order valence-electron chi connectivity index (χ4n) is 0.788. The van der Waals surface area contributed by atoms with E-state index in [1.165, 1.54) is 0 Å². The summed E-state index contributed by atoms with van der Waals surface area (Å²) < 4.78 is 30.7. The first kappa shape index (κ1) is 12.8. The fraction of sp³-hybridized carbons (Fsp3) is 1.00. The highest BCUT2D eigenvalue weighted by Gasteiger charge is 2.28. The Balaban J connectivity index is 3.54. The van der Waals surface area contributed by atoms with Crippen molar-refractivity contribution < 1.29 is 13.5 Å². The van der Waals surface area contributed by atoms with Crippen molar-refractivity contribution >= 4 is 0 Å². The third-order valence-electron chi connectivity index (χ3n) is 1.44. The summed E-state index contributed by atoms with van der Waals surface area (Å²) in [6.07, 6.45) is 0.721. The van der Waals surface area contributed by atoms with Crippen LogP contribution in [0, 0.1) is 0 Å². The van der Waals surface area contributed by atoms with Crippen LogP contribution in [0.2, 0.25) is 0 Å². The van der Waals surface area contributed by atoms with Gasteiger partial charge in [-0.1, -0.05) is 6.92 Å². The van der Waals surface area contributed by atoms with Gasteiger partial charge in [0.1, 0.15) is 6.61 Å². The smallest absolute Gasteiger partial charge is 0.283 e. The molecule has 0 spiro atoms. The van der Waals surface area contributed by atoms with Gasteiger partial charge in [0.15, 0.2) is 0 Å². The molecule has 13 heavy (non-hydrogen) atoms. The van der Waals surface area contributed by atoms with Gasteiger partial charge in [0, 0.05) is 0 Å². The standard InChI is InChI=1S/C9H19F2NO/c1-4-5-12-6-9(10,11)7-13-8(2)3/h8,12H,4-7H2,1-3H3. The van der Waals surface area contributed by atoms with Crippen molar-refractivity contribution in [2.45, 2.75) is 39.2 Å². The van der Waals surface area contributed by atoms with Gasteiger partial charge in [-0.2, -0.15) is 0 Å². The molecule has 0 bridgehead atoms. The second-order valence-electron chi connectivity index (χ2n) is 3.39. The molecule has 1 N–H and O–H groups in total. The Morgan fingerprint density at radius 2 is 2.00 bits per heavy atom. The van der Waals surface area contributed by atoms with Gasteiger partial charge in [-0.25, -0.2) is 8.78 Å². The molecule has 0 heterocycles. The molecule has 0 aromatic heterocycles. The molecule has 2 nitrogen and oxygen atoms in total. The van der Waals surface area contributed by atoms with Gasteiger partial charge in [0.05, 0.1) is 12.6 Å². The molecule has 0 aliphatic carbocycles. The normalized spacial score (nSPS) is 12.5. The Kier molecular flexibility index (Phi) is 6.16. The van der Waals surface area contributed by atoms with Crippen LogP contribution < -0.4 is 5.32 Å². The van der Waals surface area contributed by atoms with Crippen LogP contribution in [-0.4, -0.2) is 31.7 Å². The Labute approximate surface area is 78.7 Å². The summed E-state index contributed by atoms with van der Waals surface area (Å²) in [7, 11) is 0. The minimum Gasteiger partial charge on any atom is -0.372 e. The molecular weight excluding hydrogens is 176 g/mol. The molecule has 0 saturated heterocycles. The number of rotatable bonds is 7. The van der Waals surface area contributed by atoms with Crippen molar-refractivity contribution in [3.63, 3.8) is 0 Å². The molecule has 0 aliphatic rings. The SMILES string of the molecule is CCCNCC(F)(F)COC(C)C. The van der Waals surface area contributed by atoms with E-state index >= 15 is 0 Å². The van der Waals surface area contributed by atoms with Crippen LogP contribution in [0.25, 0.3) is 0 Å². The third-order valence-corrected chi connectivity index (χ3v) is 1.44. The maximum Gasteiger partial charge on any atom is 0.283 e. The zero-order chi connectivity index (χ0) is 10.3. The predicted molar refractivity (Wildman–Crippen MR) is 49.2 cm³/mol. The number of alkyl halides is 2. The van der Waals surface area contributed by atoms with Crippen molar-refractivity contribution in [1.29, 1.82) is 0 Å². The molecule has 4 heteroatoms. The zero-order valence-electron chi connectivity index (χ0n) is 8.57. The van der Waals surface area contributed by atoms with Crippen molar-refractivity contribution in [3.05, 3.63) is 0 Å². The van der Waals surface area contributed by atoms with Crippen LogP contribution in [0.15, 0.2) is 0 Å². The highest BCUT2D eigenvalue weighted by molar-refractivity contribution is 4.68. The second kappa shape index (κ2) is 6.27.